The highest BCUT2D eigenvalue weighted by Crippen LogP contribution is 2.20. The number of ether oxygens (including phenoxy) is 1. The van der Waals surface area contributed by atoms with Gasteiger partial charge in [-0.15, -0.1) is 35.3 Å². The van der Waals surface area contributed by atoms with Crippen LogP contribution in [-0.4, -0.2) is 64.7 Å². The Balaban J connectivity index is 0.00000243. The van der Waals surface area contributed by atoms with Crippen LogP contribution >= 0.6 is 35.3 Å². The first-order chi connectivity index (χ1) is 11.7. The summed E-state index contributed by atoms with van der Waals surface area (Å²) in [6, 6.07) is 0.225. The molecule has 0 aromatic carbocycles. The Bertz CT molecular complexity index is 666. The maximum atomic E-state index is 12.3. The van der Waals surface area contributed by atoms with Crippen molar-refractivity contribution in [3.05, 3.63) is 15.6 Å². The van der Waals surface area contributed by atoms with Crippen molar-refractivity contribution in [1.82, 2.24) is 20.1 Å². The zero-order chi connectivity index (χ0) is 18.2. The van der Waals surface area contributed by atoms with Gasteiger partial charge in [0.25, 0.3) is 0 Å². The van der Waals surface area contributed by atoms with Crippen LogP contribution in [0.3, 0.4) is 0 Å². The summed E-state index contributed by atoms with van der Waals surface area (Å²) in [4.78, 5) is 26.7. The summed E-state index contributed by atoms with van der Waals surface area (Å²) < 4.78 is 5.48. The smallest absolute Gasteiger partial charge is 0.410 e. The van der Waals surface area contributed by atoms with Gasteiger partial charge in [0.15, 0.2) is 5.96 Å². The molecule has 1 aromatic heterocycles. The molecule has 146 valence electrons. The van der Waals surface area contributed by atoms with Crippen LogP contribution in [0, 0.1) is 13.8 Å². The molecule has 1 aromatic rings. The normalized spacial score (nSPS) is 19.6. The first kappa shape index (κ1) is 21.2. The lowest BCUT2D eigenvalue weighted by atomic mass is 10.2. The van der Waals surface area contributed by atoms with Crippen LogP contribution in [0.4, 0.5) is 4.79 Å². The molecule has 1 unspecified atom stereocenters. The van der Waals surface area contributed by atoms with Gasteiger partial charge < -0.3 is 19.9 Å². The molecule has 7 nitrogen and oxygen atoms in total. The number of nitrogens with zero attached hydrogens (tertiary/aromatic N) is 4. The fourth-order valence-electron chi connectivity index (χ4n) is 2.99. The van der Waals surface area contributed by atoms with Gasteiger partial charge in [-0.05, 0) is 34.6 Å². The van der Waals surface area contributed by atoms with E-state index in [1.54, 1.807) is 16.2 Å². The molecule has 0 bridgehead atoms. The van der Waals surface area contributed by atoms with Crippen molar-refractivity contribution >= 4 is 47.4 Å². The van der Waals surface area contributed by atoms with E-state index in [1.807, 2.05) is 27.7 Å². The lowest BCUT2D eigenvalue weighted by Gasteiger charge is -2.39. The summed E-state index contributed by atoms with van der Waals surface area (Å²) in [5.41, 5.74) is 0.635. The van der Waals surface area contributed by atoms with E-state index in [4.69, 9.17) is 4.74 Å². The van der Waals surface area contributed by atoms with Gasteiger partial charge in [-0.1, -0.05) is 0 Å². The molecule has 1 amide bonds. The number of piperazine rings is 1. The second-order valence-corrected chi connectivity index (χ2v) is 8.83. The molecule has 1 fully saturated rings. The maximum Gasteiger partial charge on any atom is 0.410 e. The van der Waals surface area contributed by atoms with Crippen molar-refractivity contribution in [1.29, 1.82) is 0 Å². The number of aryl methyl sites for hydroxylation is 2. The lowest BCUT2D eigenvalue weighted by Crippen LogP contribution is -2.57. The Kier molecular flexibility index (Phi) is 6.75. The Morgan fingerprint density at radius 1 is 1.35 bits per heavy atom. The van der Waals surface area contributed by atoms with Gasteiger partial charge in [-0.3, -0.25) is 4.99 Å². The Hall–Kier alpha value is -1.10. The average Bonchev–Trinajstić information content (AvgIpc) is 3.06. The van der Waals surface area contributed by atoms with Crippen molar-refractivity contribution in [3.8, 4) is 0 Å². The number of guanidine groups is 1. The molecule has 2 aliphatic heterocycles. The summed E-state index contributed by atoms with van der Waals surface area (Å²) in [5.74, 6) is 0.916. The number of thiazole rings is 1. The summed E-state index contributed by atoms with van der Waals surface area (Å²) >= 11 is 1.72. The van der Waals surface area contributed by atoms with E-state index in [1.165, 1.54) is 4.88 Å². The number of amides is 1. The van der Waals surface area contributed by atoms with Crippen molar-refractivity contribution in [2.45, 2.75) is 52.8 Å². The predicted molar refractivity (Wildman–Crippen MR) is 114 cm³/mol. The Morgan fingerprint density at radius 3 is 2.69 bits per heavy atom. The number of carbonyl (C=O) groups is 1. The molecule has 1 saturated heterocycles. The third-order valence-electron chi connectivity index (χ3n) is 4.33. The summed E-state index contributed by atoms with van der Waals surface area (Å²) in [7, 11) is 0. The van der Waals surface area contributed by atoms with Crippen molar-refractivity contribution < 1.29 is 9.53 Å². The number of fused-ring (bicyclic) bond motifs is 1. The van der Waals surface area contributed by atoms with Gasteiger partial charge in [0.05, 0.1) is 24.8 Å². The first-order valence-corrected chi connectivity index (χ1v) is 9.50. The molecule has 3 rings (SSSR count). The van der Waals surface area contributed by atoms with Crippen LogP contribution in [0.1, 0.15) is 36.3 Å². The number of nitrogens with one attached hydrogen (secondary N) is 1. The van der Waals surface area contributed by atoms with E-state index in [2.05, 4.69) is 27.1 Å². The van der Waals surface area contributed by atoms with E-state index in [0.717, 1.165) is 23.2 Å². The molecule has 0 saturated carbocycles. The molecular weight excluding hydrogens is 465 g/mol. The standard InChI is InChI=1S/C17H27N5O2S.HI/c1-11-12(2)25-14(20-11)9-19-15-18-8-13-10-21(6-7-22(13)15)16(23)24-17(3,4)5;/h13H,6-10H2,1-5H3,(H,18,19);1H. The van der Waals surface area contributed by atoms with Crippen LogP contribution in [0.5, 0.6) is 0 Å². The summed E-state index contributed by atoms with van der Waals surface area (Å²) in [5, 5.41) is 4.49. The number of hydrogen-bond acceptors (Lipinski definition) is 7. The van der Waals surface area contributed by atoms with Crippen molar-refractivity contribution in [2.75, 3.05) is 26.2 Å². The highest BCUT2D eigenvalue weighted by Gasteiger charge is 2.36. The minimum atomic E-state index is -0.461. The molecule has 0 radical (unpaired) electrons. The molecule has 26 heavy (non-hydrogen) atoms. The second-order valence-electron chi connectivity index (χ2n) is 7.54. The lowest BCUT2D eigenvalue weighted by molar-refractivity contribution is 0.0137. The minimum absolute atomic E-state index is 0. The summed E-state index contributed by atoms with van der Waals surface area (Å²) in [6.45, 7) is 13.3. The fraction of sp³-hybridized carbons (Fsp3) is 0.706. The Labute approximate surface area is 176 Å². The van der Waals surface area contributed by atoms with Crippen LogP contribution < -0.4 is 5.32 Å². The predicted octanol–water partition coefficient (Wildman–Crippen LogP) is 2.76. The van der Waals surface area contributed by atoms with Gasteiger partial charge >= 0.3 is 6.09 Å². The molecule has 1 N–H and O–H groups in total. The van der Waals surface area contributed by atoms with E-state index < -0.39 is 5.60 Å². The van der Waals surface area contributed by atoms with Crippen LogP contribution in [0.2, 0.25) is 0 Å². The van der Waals surface area contributed by atoms with E-state index in [9.17, 15) is 4.79 Å². The van der Waals surface area contributed by atoms with Crippen LogP contribution in [0.25, 0.3) is 0 Å². The number of hydrogen-bond donors (Lipinski definition) is 1. The highest BCUT2D eigenvalue weighted by atomic mass is 127. The quantitative estimate of drug-likeness (QED) is 0.642. The summed E-state index contributed by atoms with van der Waals surface area (Å²) in [6.07, 6.45) is -0.234. The van der Waals surface area contributed by atoms with Gasteiger partial charge in [-0.25, -0.2) is 9.78 Å². The molecule has 1 atom stereocenters. The van der Waals surface area contributed by atoms with Crippen molar-refractivity contribution in [2.24, 2.45) is 4.99 Å². The van der Waals surface area contributed by atoms with Crippen molar-refractivity contribution in [3.63, 3.8) is 0 Å². The molecule has 0 spiro atoms. The maximum absolute atomic E-state index is 12.3. The van der Waals surface area contributed by atoms with Gasteiger partial charge in [0.2, 0.25) is 0 Å². The zero-order valence-electron chi connectivity index (χ0n) is 16.0. The minimum Gasteiger partial charge on any atom is -0.444 e. The molecule has 9 heteroatoms. The highest BCUT2D eigenvalue weighted by molar-refractivity contribution is 14.0. The van der Waals surface area contributed by atoms with Gasteiger partial charge in [0, 0.05) is 24.5 Å². The topological polar surface area (TPSA) is 70.1 Å². The van der Waals surface area contributed by atoms with E-state index in [0.29, 0.717) is 26.2 Å². The van der Waals surface area contributed by atoms with E-state index >= 15 is 0 Å². The molecule has 2 aliphatic rings. The van der Waals surface area contributed by atoms with Gasteiger partial charge in [-0.2, -0.15) is 0 Å². The zero-order valence-corrected chi connectivity index (χ0v) is 19.2. The van der Waals surface area contributed by atoms with Crippen LogP contribution in [-0.2, 0) is 11.3 Å². The third-order valence-corrected chi connectivity index (χ3v) is 5.40. The van der Waals surface area contributed by atoms with Gasteiger partial charge in [0.1, 0.15) is 10.6 Å². The third kappa shape index (κ3) is 4.99. The molecule has 3 heterocycles. The average molecular weight is 493 g/mol. The first-order valence-electron chi connectivity index (χ1n) is 8.69. The second kappa shape index (κ2) is 8.28. The number of aromatic nitrogens is 1. The fourth-order valence-corrected chi connectivity index (χ4v) is 3.87. The number of aliphatic imine (C=N–C) groups is 1. The van der Waals surface area contributed by atoms with E-state index in [-0.39, 0.29) is 36.1 Å². The van der Waals surface area contributed by atoms with Crippen LogP contribution in [0.15, 0.2) is 4.99 Å². The number of halogens is 1. The number of rotatable bonds is 2. The SMILES string of the molecule is Cc1nc(CNC2=NCC3CN(C(=O)OC(C)(C)C)CCN23)sc1C.I. The molecular formula is C17H28IN5O2S. The Morgan fingerprint density at radius 2 is 2.08 bits per heavy atom. The molecule has 0 aliphatic carbocycles. The largest absolute Gasteiger partial charge is 0.444 e. The number of carbonyl (C=O) groups excluding carboxylic acids is 1. The monoisotopic (exact) mass is 493 g/mol.